The van der Waals surface area contributed by atoms with Crippen molar-refractivity contribution in [2.75, 3.05) is 32.1 Å². The van der Waals surface area contributed by atoms with Gasteiger partial charge in [-0.05, 0) is 62.5 Å². The third-order valence-electron chi connectivity index (χ3n) is 3.85. The van der Waals surface area contributed by atoms with E-state index < -0.39 is 0 Å². The Kier molecular flexibility index (Phi) is 5.67. The minimum Gasteiger partial charge on any atom is -0.374 e. The number of hydrogen-bond donors (Lipinski definition) is 1. The van der Waals surface area contributed by atoms with E-state index in [4.69, 9.17) is 0 Å². The molecule has 0 radical (unpaired) electrons. The first-order valence-electron chi connectivity index (χ1n) is 6.88. The Morgan fingerprint density at radius 1 is 1.17 bits per heavy atom. The van der Waals surface area contributed by atoms with Crippen LogP contribution in [-0.4, -0.2) is 27.2 Å². The van der Waals surface area contributed by atoms with Crippen molar-refractivity contribution < 1.29 is 0 Å². The van der Waals surface area contributed by atoms with Crippen LogP contribution in [-0.2, 0) is 0 Å². The van der Waals surface area contributed by atoms with Gasteiger partial charge in [0.05, 0.1) is 0 Å². The molecule has 0 fully saturated rings. The number of aryl methyl sites for hydroxylation is 2. The number of hydrogen-bond acceptors (Lipinski definition) is 2. The van der Waals surface area contributed by atoms with Crippen LogP contribution in [0.5, 0.6) is 0 Å². The van der Waals surface area contributed by atoms with Crippen LogP contribution in [0.1, 0.15) is 25.0 Å². The molecule has 1 aromatic carbocycles. The lowest BCUT2D eigenvalue weighted by molar-refractivity contribution is 0.376. The summed E-state index contributed by atoms with van der Waals surface area (Å²) in [6, 6.07) is 6.72. The molecule has 0 aliphatic rings. The van der Waals surface area contributed by atoms with E-state index in [1.165, 1.54) is 16.8 Å². The maximum absolute atomic E-state index is 3.30. The van der Waals surface area contributed by atoms with Crippen molar-refractivity contribution >= 4 is 5.69 Å². The molecule has 0 saturated carbocycles. The van der Waals surface area contributed by atoms with Crippen molar-refractivity contribution in [1.29, 1.82) is 0 Å². The summed E-state index contributed by atoms with van der Waals surface area (Å²) in [6.45, 7) is 11.1. The summed E-state index contributed by atoms with van der Waals surface area (Å²) in [4.78, 5) is 2.37. The first kappa shape index (κ1) is 15.0. The zero-order chi connectivity index (χ0) is 13.7. The molecule has 18 heavy (non-hydrogen) atoms. The van der Waals surface area contributed by atoms with Gasteiger partial charge in [-0.25, -0.2) is 0 Å². The molecule has 1 N–H and O–H groups in total. The Bertz CT molecular complexity index is 371. The molecule has 0 spiro atoms. The molecule has 1 aromatic rings. The van der Waals surface area contributed by atoms with Crippen molar-refractivity contribution in [3.8, 4) is 0 Å². The molecule has 1 rings (SSSR count). The van der Waals surface area contributed by atoms with Crippen molar-refractivity contribution in [2.24, 2.45) is 11.8 Å². The number of rotatable bonds is 6. The zero-order valence-electron chi connectivity index (χ0n) is 12.7. The Labute approximate surface area is 112 Å². The normalized spacial score (nSPS) is 12.8. The second-order valence-corrected chi connectivity index (χ2v) is 5.71. The molecule has 2 heteroatoms. The van der Waals surface area contributed by atoms with Gasteiger partial charge in [-0.3, -0.25) is 0 Å². The first-order chi connectivity index (χ1) is 8.45. The fraction of sp³-hybridized carbons (Fsp3) is 0.625. The maximum Gasteiger partial charge on any atom is 0.0366 e. The van der Waals surface area contributed by atoms with Gasteiger partial charge in [-0.15, -0.1) is 0 Å². The Hall–Kier alpha value is -1.02. The summed E-state index contributed by atoms with van der Waals surface area (Å²) in [7, 11) is 4.22. The highest BCUT2D eigenvalue weighted by atomic mass is 15.1. The van der Waals surface area contributed by atoms with Gasteiger partial charge in [-0.1, -0.05) is 19.9 Å². The van der Waals surface area contributed by atoms with Crippen LogP contribution in [0.15, 0.2) is 18.2 Å². The van der Waals surface area contributed by atoms with Crippen molar-refractivity contribution in [1.82, 2.24) is 5.32 Å². The van der Waals surface area contributed by atoms with E-state index in [9.17, 15) is 0 Å². The predicted molar refractivity (Wildman–Crippen MR) is 81.4 cm³/mol. The number of benzene rings is 1. The summed E-state index contributed by atoms with van der Waals surface area (Å²) in [5, 5.41) is 3.30. The molecule has 0 saturated heterocycles. The van der Waals surface area contributed by atoms with Gasteiger partial charge >= 0.3 is 0 Å². The van der Waals surface area contributed by atoms with Gasteiger partial charge in [0.15, 0.2) is 0 Å². The van der Waals surface area contributed by atoms with E-state index in [1.807, 2.05) is 7.05 Å². The Morgan fingerprint density at radius 3 is 2.33 bits per heavy atom. The molecule has 0 aliphatic heterocycles. The monoisotopic (exact) mass is 248 g/mol. The van der Waals surface area contributed by atoms with Gasteiger partial charge in [0.25, 0.3) is 0 Å². The zero-order valence-corrected chi connectivity index (χ0v) is 12.7. The van der Waals surface area contributed by atoms with E-state index in [2.05, 4.69) is 63.2 Å². The van der Waals surface area contributed by atoms with E-state index in [-0.39, 0.29) is 0 Å². The molecule has 0 bridgehead atoms. The molecular weight excluding hydrogens is 220 g/mol. The van der Waals surface area contributed by atoms with E-state index in [0.29, 0.717) is 11.8 Å². The third kappa shape index (κ3) is 4.02. The van der Waals surface area contributed by atoms with Gasteiger partial charge in [0.2, 0.25) is 0 Å². The van der Waals surface area contributed by atoms with Gasteiger partial charge in [0.1, 0.15) is 0 Å². The van der Waals surface area contributed by atoms with Crippen LogP contribution in [0, 0.1) is 25.7 Å². The van der Waals surface area contributed by atoms with Crippen LogP contribution < -0.4 is 10.2 Å². The second kappa shape index (κ2) is 6.79. The topological polar surface area (TPSA) is 15.3 Å². The number of anilines is 1. The van der Waals surface area contributed by atoms with Crippen LogP contribution >= 0.6 is 0 Å². The molecule has 1 atom stereocenters. The van der Waals surface area contributed by atoms with Crippen molar-refractivity contribution in [3.63, 3.8) is 0 Å². The first-order valence-corrected chi connectivity index (χ1v) is 6.88. The average Bonchev–Trinajstić information content (AvgIpc) is 2.31. The van der Waals surface area contributed by atoms with Crippen LogP contribution in [0.4, 0.5) is 5.69 Å². The lowest BCUT2D eigenvalue weighted by Crippen LogP contribution is -2.34. The quantitative estimate of drug-likeness (QED) is 0.831. The summed E-state index contributed by atoms with van der Waals surface area (Å²) in [5.41, 5.74) is 4.05. The average molecular weight is 248 g/mol. The fourth-order valence-corrected chi connectivity index (χ4v) is 2.19. The molecule has 0 aliphatic carbocycles. The molecule has 0 heterocycles. The Balaban J connectivity index is 2.73. The van der Waals surface area contributed by atoms with Crippen molar-refractivity contribution in [3.05, 3.63) is 29.3 Å². The molecule has 102 valence electrons. The molecule has 0 aromatic heterocycles. The minimum absolute atomic E-state index is 0.682. The minimum atomic E-state index is 0.682. The summed E-state index contributed by atoms with van der Waals surface area (Å²) >= 11 is 0. The van der Waals surface area contributed by atoms with Gasteiger partial charge < -0.3 is 10.2 Å². The Morgan fingerprint density at radius 2 is 1.83 bits per heavy atom. The summed E-state index contributed by atoms with van der Waals surface area (Å²) in [6.07, 6.45) is 0. The van der Waals surface area contributed by atoms with Gasteiger partial charge in [-0.2, -0.15) is 0 Å². The standard InChI is InChI=1S/C16H28N2/c1-12(2)15(10-17-5)11-18(6)16-8-7-13(3)14(4)9-16/h7-9,12,15,17H,10-11H2,1-6H3. The third-order valence-corrected chi connectivity index (χ3v) is 3.85. The summed E-state index contributed by atoms with van der Waals surface area (Å²) < 4.78 is 0. The number of nitrogens with one attached hydrogen (secondary N) is 1. The lowest BCUT2D eigenvalue weighted by Gasteiger charge is -2.28. The SMILES string of the molecule is CNCC(CN(C)c1ccc(C)c(C)c1)C(C)C. The van der Waals surface area contributed by atoms with E-state index in [0.717, 1.165) is 13.1 Å². The molecule has 2 nitrogen and oxygen atoms in total. The fourth-order valence-electron chi connectivity index (χ4n) is 2.19. The molecular formula is C16H28N2. The van der Waals surface area contributed by atoms with E-state index in [1.54, 1.807) is 0 Å². The summed E-state index contributed by atoms with van der Waals surface area (Å²) in [5.74, 6) is 1.38. The van der Waals surface area contributed by atoms with Crippen molar-refractivity contribution in [2.45, 2.75) is 27.7 Å². The number of nitrogens with zero attached hydrogens (tertiary/aromatic N) is 1. The highest BCUT2D eigenvalue weighted by Crippen LogP contribution is 2.20. The predicted octanol–water partition coefficient (Wildman–Crippen LogP) is 3.23. The molecule has 0 amide bonds. The van der Waals surface area contributed by atoms with Crippen LogP contribution in [0.25, 0.3) is 0 Å². The highest BCUT2D eigenvalue weighted by Gasteiger charge is 2.15. The van der Waals surface area contributed by atoms with Gasteiger partial charge in [0, 0.05) is 19.3 Å². The maximum atomic E-state index is 3.30. The highest BCUT2D eigenvalue weighted by molar-refractivity contribution is 5.50. The second-order valence-electron chi connectivity index (χ2n) is 5.71. The largest absolute Gasteiger partial charge is 0.374 e. The smallest absolute Gasteiger partial charge is 0.0366 e. The molecule has 1 unspecified atom stereocenters. The van der Waals surface area contributed by atoms with Crippen LogP contribution in [0.2, 0.25) is 0 Å². The van der Waals surface area contributed by atoms with E-state index >= 15 is 0 Å². The lowest BCUT2D eigenvalue weighted by atomic mass is 9.95. The van der Waals surface area contributed by atoms with Crippen LogP contribution in [0.3, 0.4) is 0 Å².